The van der Waals surface area contributed by atoms with Crippen LogP contribution in [0.1, 0.15) is 48.5 Å². The molecule has 21 heavy (non-hydrogen) atoms. The number of rotatable bonds is 5. The first-order valence-electron chi connectivity index (χ1n) is 7.22. The third-order valence-electron chi connectivity index (χ3n) is 4.14. The van der Waals surface area contributed by atoms with Crippen LogP contribution in [0.2, 0.25) is 0 Å². The minimum absolute atomic E-state index is 0.209. The van der Waals surface area contributed by atoms with Crippen molar-refractivity contribution in [2.75, 3.05) is 0 Å². The molecule has 0 aromatic heterocycles. The van der Waals surface area contributed by atoms with Crippen LogP contribution in [-0.4, -0.2) is 22.0 Å². The maximum atomic E-state index is 11.3. The minimum atomic E-state index is -1.25. The fraction of sp³-hybridized carbons (Fsp3) is 0.533. The van der Waals surface area contributed by atoms with Gasteiger partial charge in [-0.1, -0.05) is 19.1 Å². The number of nitro benzene ring substituents is 1. The molecule has 1 aliphatic carbocycles. The Kier molecular flexibility index (Phi) is 4.90. The van der Waals surface area contributed by atoms with Gasteiger partial charge in [-0.2, -0.15) is 0 Å². The number of nitrogens with one attached hydrogen (secondary N) is 1. The smallest absolute Gasteiger partial charge is 0.343 e. The summed E-state index contributed by atoms with van der Waals surface area (Å²) in [5.41, 5.74) is -0.0893. The first-order valence-corrected chi connectivity index (χ1v) is 7.22. The zero-order chi connectivity index (χ0) is 15.4. The van der Waals surface area contributed by atoms with Crippen molar-refractivity contribution in [1.82, 2.24) is 5.32 Å². The molecule has 0 atom stereocenters. The normalized spacial score (nSPS) is 22.0. The zero-order valence-electron chi connectivity index (χ0n) is 12.0. The van der Waals surface area contributed by atoms with Gasteiger partial charge in [0.25, 0.3) is 5.69 Å². The maximum absolute atomic E-state index is 11.3. The summed E-state index contributed by atoms with van der Waals surface area (Å²) in [6, 6.07) is 4.76. The second kappa shape index (κ2) is 6.67. The highest BCUT2D eigenvalue weighted by Crippen LogP contribution is 2.25. The fourth-order valence-corrected chi connectivity index (χ4v) is 2.85. The minimum Gasteiger partial charge on any atom is -0.477 e. The van der Waals surface area contributed by atoms with Gasteiger partial charge in [-0.3, -0.25) is 10.1 Å². The molecule has 2 N–H and O–H groups in total. The van der Waals surface area contributed by atoms with Crippen LogP contribution >= 0.6 is 0 Å². The van der Waals surface area contributed by atoms with Crippen LogP contribution < -0.4 is 5.32 Å². The van der Waals surface area contributed by atoms with Gasteiger partial charge >= 0.3 is 5.97 Å². The van der Waals surface area contributed by atoms with E-state index in [1.165, 1.54) is 25.0 Å². The molecule has 0 radical (unpaired) electrons. The van der Waals surface area contributed by atoms with Crippen molar-refractivity contribution in [2.24, 2.45) is 5.92 Å². The lowest BCUT2D eigenvalue weighted by Gasteiger charge is -2.27. The Morgan fingerprint density at radius 3 is 2.62 bits per heavy atom. The lowest BCUT2D eigenvalue weighted by molar-refractivity contribution is -0.385. The Bertz CT molecular complexity index is 536. The number of nitrogens with zero attached hydrogens (tertiary/aromatic N) is 1. The molecule has 114 valence electrons. The largest absolute Gasteiger partial charge is 0.477 e. The van der Waals surface area contributed by atoms with Crippen molar-refractivity contribution >= 4 is 11.7 Å². The monoisotopic (exact) mass is 292 g/mol. The van der Waals surface area contributed by atoms with E-state index >= 15 is 0 Å². The summed E-state index contributed by atoms with van der Waals surface area (Å²) in [6.45, 7) is 2.58. The van der Waals surface area contributed by atoms with Gasteiger partial charge in [-0.25, -0.2) is 4.79 Å². The summed E-state index contributed by atoms with van der Waals surface area (Å²) in [5, 5.41) is 23.5. The van der Waals surface area contributed by atoms with E-state index in [2.05, 4.69) is 12.2 Å². The topological polar surface area (TPSA) is 92.5 Å². The van der Waals surface area contributed by atoms with Crippen LogP contribution in [-0.2, 0) is 6.54 Å². The third-order valence-corrected chi connectivity index (χ3v) is 4.14. The molecule has 1 aromatic carbocycles. The molecule has 1 fully saturated rings. The maximum Gasteiger partial charge on any atom is 0.343 e. The first kappa shape index (κ1) is 15.4. The SMILES string of the molecule is CC1CCC(NCc2cccc([N+](=O)[O-])c2C(=O)O)CC1. The zero-order valence-corrected chi connectivity index (χ0v) is 12.0. The molecular weight excluding hydrogens is 272 g/mol. The summed E-state index contributed by atoms with van der Waals surface area (Å²) >= 11 is 0. The number of nitro groups is 1. The van der Waals surface area contributed by atoms with Crippen molar-refractivity contribution < 1.29 is 14.8 Å². The molecule has 0 amide bonds. The molecule has 1 aromatic rings. The summed E-state index contributed by atoms with van der Waals surface area (Å²) < 4.78 is 0. The Hall–Kier alpha value is -1.95. The van der Waals surface area contributed by atoms with Crippen molar-refractivity contribution in [1.29, 1.82) is 0 Å². The lowest BCUT2D eigenvalue weighted by Crippen LogP contribution is -2.32. The van der Waals surface area contributed by atoms with Crippen LogP contribution in [0.3, 0.4) is 0 Å². The van der Waals surface area contributed by atoms with E-state index in [1.54, 1.807) is 6.07 Å². The Labute approximate surface area is 123 Å². The predicted octanol–water partition coefficient (Wildman–Crippen LogP) is 2.96. The molecule has 0 aliphatic heterocycles. The summed E-state index contributed by atoms with van der Waals surface area (Å²) in [7, 11) is 0. The number of aromatic carboxylic acids is 1. The van der Waals surface area contributed by atoms with E-state index in [0.29, 0.717) is 18.2 Å². The van der Waals surface area contributed by atoms with Gasteiger partial charge in [0.15, 0.2) is 0 Å². The second-order valence-corrected chi connectivity index (χ2v) is 5.71. The first-order chi connectivity index (χ1) is 9.99. The molecule has 6 nitrogen and oxygen atoms in total. The van der Waals surface area contributed by atoms with E-state index in [1.807, 2.05) is 0 Å². The van der Waals surface area contributed by atoms with Gasteiger partial charge in [0.05, 0.1) is 4.92 Å². The summed E-state index contributed by atoms with van der Waals surface area (Å²) in [4.78, 5) is 21.6. The number of benzene rings is 1. The Morgan fingerprint density at radius 1 is 1.38 bits per heavy atom. The average molecular weight is 292 g/mol. The molecule has 0 bridgehead atoms. The van der Waals surface area contributed by atoms with Crippen molar-refractivity contribution in [3.05, 3.63) is 39.4 Å². The molecule has 1 saturated carbocycles. The number of carboxylic acids is 1. The molecular formula is C15H20N2O4. The van der Waals surface area contributed by atoms with Crippen LogP contribution in [0, 0.1) is 16.0 Å². The standard InChI is InChI=1S/C15H20N2O4/c1-10-5-7-12(8-6-10)16-9-11-3-2-4-13(17(20)21)14(11)15(18)19/h2-4,10,12,16H,5-9H2,1H3,(H,18,19). The highest BCUT2D eigenvalue weighted by molar-refractivity contribution is 5.94. The van der Waals surface area contributed by atoms with Crippen molar-refractivity contribution in [3.8, 4) is 0 Å². The number of hydrogen-bond donors (Lipinski definition) is 2. The van der Waals surface area contributed by atoms with E-state index in [-0.39, 0.29) is 11.3 Å². The number of carbonyl (C=O) groups is 1. The van der Waals surface area contributed by atoms with Gasteiger partial charge in [-0.05, 0) is 37.2 Å². The van der Waals surface area contributed by atoms with E-state index in [4.69, 9.17) is 0 Å². The van der Waals surface area contributed by atoms with E-state index in [0.717, 1.165) is 18.8 Å². The number of carboxylic acid groups (broad SMARTS) is 1. The van der Waals surface area contributed by atoms with Crippen molar-refractivity contribution in [2.45, 2.75) is 45.2 Å². The molecule has 2 rings (SSSR count). The Morgan fingerprint density at radius 2 is 2.05 bits per heavy atom. The fourth-order valence-electron chi connectivity index (χ4n) is 2.85. The van der Waals surface area contributed by atoms with Crippen LogP contribution in [0.5, 0.6) is 0 Å². The van der Waals surface area contributed by atoms with Gasteiger partial charge in [0.1, 0.15) is 5.56 Å². The number of hydrogen-bond acceptors (Lipinski definition) is 4. The molecule has 0 spiro atoms. The van der Waals surface area contributed by atoms with Crippen molar-refractivity contribution in [3.63, 3.8) is 0 Å². The lowest BCUT2D eigenvalue weighted by atomic mass is 9.87. The molecule has 6 heteroatoms. The Balaban J connectivity index is 2.11. The molecule has 0 heterocycles. The summed E-state index contributed by atoms with van der Waals surface area (Å²) in [5.74, 6) is -0.508. The molecule has 1 aliphatic rings. The predicted molar refractivity (Wildman–Crippen MR) is 78.3 cm³/mol. The van der Waals surface area contributed by atoms with E-state index in [9.17, 15) is 20.0 Å². The van der Waals surface area contributed by atoms with Crippen LogP contribution in [0.15, 0.2) is 18.2 Å². The molecule has 0 unspecified atom stereocenters. The third kappa shape index (κ3) is 3.78. The van der Waals surface area contributed by atoms with Gasteiger partial charge in [0.2, 0.25) is 0 Å². The highest BCUT2D eigenvalue weighted by atomic mass is 16.6. The van der Waals surface area contributed by atoms with Gasteiger partial charge in [0, 0.05) is 18.7 Å². The van der Waals surface area contributed by atoms with Crippen LogP contribution in [0.4, 0.5) is 5.69 Å². The van der Waals surface area contributed by atoms with Gasteiger partial charge < -0.3 is 10.4 Å². The molecule has 0 saturated heterocycles. The van der Waals surface area contributed by atoms with Crippen LogP contribution in [0.25, 0.3) is 0 Å². The quantitative estimate of drug-likeness (QED) is 0.643. The highest BCUT2D eigenvalue weighted by Gasteiger charge is 2.24. The second-order valence-electron chi connectivity index (χ2n) is 5.71. The summed E-state index contributed by atoms with van der Waals surface area (Å²) in [6.07, 6.45) is 4.47. The van der Waals surface area contributed by atoms with E-state index < -0.39 is 10.9 Å². The van der Waals surface area contributed by atoms with Gasteiger partial charge in [-0.15, -0.1) is 0 Å². The average Bonchev–Trinajstić information content (AvgIpc) is 2.46.